The van der Waals surface area contributed by atoms with Gasteiger partial charge < -0.3 is 0 Å². The van der Waals surface area contributed by atoms with Crippen molar-refractivity contribution in [3.63, 3.8) is 0 Å². The van der Waals surface area contributed by atoms with Crippen LogP contribution in [0.15, 0.2) is 23.6 Å². The molecule has 14 heavy (non-hydrogen) atoms. The zero-order chi connectivity index (χ0) is 10.1. The zero-order valence-corrected chi connectivity index (χ0v) is 9.06. The lowest BCUT2D eigenvalue weighted by molar-refractivity contribution is 0.876. The molecule has 1 aromatic carbocycles. The highest BCUT2D eigenvalue weighted by Crippen LogP contribution is 2.31. The van der Waals surface area contributed by atoms with Crippen LogP contribution in [0.3, 0.4) is 0 Å². The standard InChI is InChI=1S/C12H11NS/c1-8(2)10-4-3-9(7-13)12-11(10)5-6-14-12/h3-6,8H,1-2H3. The minimum atomic E-state index is 0.514. The monoisotopic (exact) mass is 201 g/mol. The van der Waals surface area contributed by atoms with Crippen molar-refractivity contribution >= 4 is 21.4 Å². The van der Waals surface area contributed by atoms with Gasteiger partial charge in [0.2, 0.25) is 0 Å². The van der Waals surface area contributed by atoms with Crippen LogP contribution in [0.1, 0.15) is 30.9 Å². The first-order chi connectivity index (χ1) is 6.74. The average Bonchev–Trinajstić information content (AvgIpc) is 2.64. The number of hydrogen-bond donors (Lipinski definition) is 0. The first kappa shape index (κ1) is 9.23. The predicted molar refractivity (Wildman–Crippen MR) is 60.6 cm³/mol. The lowest BCUT2D eigenvalue weighted by Gasteiger charge is -2.07. The molecule has 0 saturated heterocycles. The van der Waals surface area contributed by atoms with Crippen molar-refractivity contribution in [3.8, 4) is 6.07 Å². The van der Waals surface area contributed by atoms with Crippen molar-refractivity contribution < 1.29 is 0 Å². The Labute approximate surface area is 87.6 Å². The average molecular weight is 201 g/mol. The second-order valence-electron chi connectivity index (χ2n) is 3.63. The first-order valence-electron chi connectivity index (χ1n) is 4.64. The van der Waals surface area contributed by atoms with Crippen molar-refractivity contribution in [1.29, 1.82) is 5.26 Å². The normalized spacial score (nSPS) is 10.7. The fourth-order valence-electron chi connectivity index (χ4n) is 1.68. The van der Waals surface area contributed by atoms with Gasteiger partial charge in [0.05, 0.1) is 10.3 Å². The minimum absolute atomic E-state index is 0.514. The Hall–Kier alpha value is -1.33. The fraction of sp³-hybridized carbons (Fsp3) is 0.250. The van der Waals surface area contributed by atoms with Crippen molar-refractivity contribution in [3.05, 3.63) is 34.7 Å². The van der Waals surface area contributed by atoms with Crippen LogP contribution in [0.2, 0.25) is 0 Å². The van der Waals surface area contributed by atoms with Crippen LogP contribution in [-0.4, -0.2) is 0 Å². The zero-order valence-electron chi connectivity index (χ0n) is 8.24. The Balaban J connectivity index is 2.80. The summed E-state index contributed by atoms with van der Waals surface area (Å²) in [6.07, 6.45) is 0. The Morgan fingerprint density at radius 2 is 2.07 bits per heavy atom. The van der Waals surface area contributed by atoms with Crippen molar-refractivity contribution in [2.75, 3.05) is 0 Å². The van der Waals surface area contributed by atoms with Gasteiger partial charge in [-0.3, -0.25) is 0 Å². The molecular formula is C12H11NS. The Morgan fingerprint density at radius 1 is 1.29 bits per heavy atom. The second-order valence-corrected chi connectivity index (χ2v) is 4.55. The Bertz CT molecular complexity index is 503. The van der Waals surface area contributed by atoms with Gasteiger partial charge in [-0.1, -0.05) is 19.9 Å². The Kier molecular flexibility index (Phi) is 2.26. The molecule has 2 aromatic rings. The van der Waals surface area contributed by atoms with Crippen LogP contribution in [0.4, 0.5) is 0 Å². The van der Waals surface area contributed by atoms with Gasteiger partial charge >= 0.3 is 0 Å². The van der Waals surface area contributed by atoms with E-state index in [0.29, 0.717) is 5.92 Å². The van der Waals surface area contributed by atoms with Crippen molar-refractivity contribution in [2.24, 2.45) is 0 Å². The lowest BCUT2D eigenvalue weighted by atomic mass is 9.98. The maximum atomic E-state index is 8.94. The first-order valence-corrected chi connectivity index (χ1v) is 5.52. The molecule has 0 fully saturated rings. The van der Waals surface area contributed by atoms with Crippen LogP contribution in [0.5, 0.6) is 0 Å². The molecule has 0 saturated carbocycles. The van der Waals surface area contributed by atoms with E-state index in [2.05, 4.69) is 37.4 Å². The third kappa shape index (κ3) is 1.30. The SMILES string of the molecule is CC(C)c1ccc(C#N)c2sccc12. The summed E-state index contributed by atoms with van der Waals surface area (Å²) in [5, 5.41) is 12.2. The number of benzene rings is 1. The maximum absolute atomic E-state index is 8.94. The summed E-state index contributed by atoms with van der Waals surface area (Å²) in [4.78, 5) is 0. The predicted octanol–water partition coefficient (Wildman–Crippen LogP) is 3.90. The van der Waals surface area contributed by atoms with Crippen LogP contribution in [0.25, 0.3) is 10.1 Å². The highest BCUT2D eigenvalue weighted by atomic mass is 32.1. The summed E-state index contributed by atoms with van der Waals surface area (Å²) < 4.78 is 1.12. The summed E-state index contributed by atoms with van der Waals surface area (Å²) in [6.45, 7) is 4.36. The smallest absolute Gasteiger partial charge is 0.101 e. The molecule has 2 rings (SSSR count). The second kappa shape index (κ2) is 3.43. The van der Waals surface area contributed by atoms with Gasteiger partial charge in [-0.05, 0) is 34.4 Å². The van der Waals surface area contributed by atoms with E-state index >= 15 is 0 Å². The van der Waals surface area contributed by atoms with E-state index < -0.39 is 0 Å². The molecule has 1 aromatic heterocycles. The molecule has 0 N–H and O–H groups in total. The van der Waals surface area contributed by atoms with E-state index in [-0.39, 0.29) is 0 Å². The third-order valence-corrected chi connectivity index (χ3v) is 3.34. The highest BCUT2D eigenvalue weighted by molar-refractivity contribution is 7.17. The molecule has 1 heterocycles. The number of hydrogen-bond acceptors (Lipinski definition) is 2. The van der Waals surface area contributed by atoms with E-state index in [1.54, 1.807) is 11.3 Å². The van der Waals surface area contributed by atoms with Crippen molar-refractivity contribution in [2.45, 2.75) is 19.8 Å². The van der Waals surface area contributed by atoms with E-state index in [1.165, 1.54) is 10.9 Å². The molecule has 0 atom stereocenters. The van der Waals surface area contributed by atoms with Crippen molar-refractivity contribution in [1.82, 2.24) is 0 Å². The van der Waals surface area contributed by atoms with Gasteiger partial charge in [0, 0.05) is 0 Å². The van der Waals surface area contributed by atoms with E-state index in [0.717, 1.165) is 10.3 Å². The van der Waals surface area contributed by atoms with Gasteiger partial charge in [-0.25, -0.2) is 0 Å². The lowest BCUT2D eigenvalue weighted by Crippen LogP contribution is -1.88. The van der Waals surface area contributed by atoms with Gasteiger partial charge in [-0.15, -0.1) is 11.3 Å². The number of fused-ring (bicyclic) bond motifs is 1. The molecule has 0 spiro atoms. The largest absolute Gasteiger partial charge is 0.192 e. The summed E-state index contributed by atoms with van der Waals surface area (Å²) in [5.41, 5.74) is 2.12. The molecule has 1 nitrogen and oxygen atoms in total. The summed E-state index contributed by atoms with van der Waals surface area (Å²) >= 11 is 1.65. The maximum Gasteiger partial charge on any atom is 0.101 e. The molecule has 0 aliphatic heterocycles. The van der Waals surface area contributed by atoms with Crippen LogP contribution in [-0.2, 0) is 0 Å². The topological polar surface area (TPSA) is 23.8 Å². The summed E-state index contributed by atoms with van der Waals surface area (Å²) in [6, 6.07) is 8.33. The third-order valence-electron chi connectivity index (χ3n) is 2.39. The highest BCUT2D eigenvalue weighted by Gasteiger charge is 2.08. The van der Waals surface area contributed by atoms with Crippen LogP contribution in [0, 0.1) is 11.3 Å². The molecule has 70 valence electrons. The van der Waals surface area contributed by atoms with E-state index in [1.807, 2.05) is 6.07 Å². The molecule has 0 aliphatic carbocycles. The number of nitriles is 1. The van der Waals surface area contributed by atoms with Crippen LogP contribution < -0.4 is 0 Å². The van der Waals surface area contributed by atoms with Gasteiger partial charge in [0.1, 0.15) is 6.07 Å². The molecule has 0 aliphatic rings. The van der Waals surface area contributed by atoms with Gasteiger partial charge in [0.15, 0.2) is 0 Å². The Morgan fingerprint density at radius 3 is 2.71 bits per heavy atom. The minimum Gasteiger partial charge on any atom is -0.192 e. The summed E-state index contributed by atoms with van der Waals surface area (Å²) in [7, 11) is 0. The molecule has 0 unspecified atom stereocenters. The number of rotatable bonds is 1. The fourth-order valence-corrected chi connectivity index (χ4v) is 2.57. The molecule has 0 radical (unpaired) electrons. The van der Waals surface area contributed by atoms with E-state index in [9.17, 15) is 0 Å². The van der Waals surface area contributed by atoms with E-state index in [4.69, 9.17) is 5.26 Å². The number of nitrogens with zero attached hydrogens (tertiary/aromatic N) is 1. The number of thiophene rings is 1. The van der Waals surface area contributed by atoms with Crippen LogP contribution >= 0.6 is 11.3 Å². The molecule has 2 heteroatoms. The van der Waals surface area contributed by atoms with Gasteiger partial charge in [0.25, 0.3) is 0 Å². The quantitative estimate of drug-likeness (QED) is 0.686. The molecule has 0 bridgehead atoms. The van der Waals surface area contributed by atoms with Gasteiger partial charge in [-0.2, -0.15) is 5.26 Å². The summed E-state index contributed by atoms with van der Waals surface area (Å²) in [5.74, 6) is 0.514. The molecular weight excluding hydrogens is 190 g/mol. The molecule has 0 amide bonds.